The number of aryl methyl sites for hydroxylation is 1. The van der Waals surface area contributed by atoms with Gasteiger partial charge in [-0.2, -0.15) is 4.98 Å². The van der Waals surface area contributed by atoms with Crippen molar-refractivity contribution in [2.75, 3.05) is 28.6 Å². The van der Waals surface area contributed by atoms with Crippen molar-refractivity contribution in [1.29, 1.82) is 0 Å². The number of carbonyl (C=O) groups is 2. The van der Waals surface area contributed by atoms with Crippen LogP contribution in [0.25, 0.3) is 0 Å². The molecule has 2 aliphatic heterocycles. The van der Waals surface area contributed by atoms with E-state index in [1.165, 1.54) is 0 Å². The van der Waals surface area contributed by atoms with E-state index in [0.717, 1.165) is 37.9 Å². The van der Waals surface area contributed by atoms with Crippen LogP contribution in [0, 0.1) is 5.92 Å². The van der Waals surface area contributed by atoms with Crippen LogP contribution in [0.15, 0.2) is 29.1 Å². The van der Waals surface area contributed by atoms with Crippen LogP contribution < -0.4 is 21.1 Å². The second kappa shape index (κ2) is 8.30. The van der Waals surface area contributed by atoms with Gasteiger partial charge in [0.05, 0.1) is 11.5 Å². The van der Waals surface area contributed by atoms with E-state index < -0.39 is 5.92 Å². The first-order valence-corrected chi connectivity index (χ1v) is 10.5. The highest BCUT2D eigenvalue weighted by Gasteiger charge is 2.35. The lowest BCUT2D eigenvalue weighted by molar-refractivity contribution is -0.123. The van der Waals surface area contributed by atoms with Gasteiger partial charge in [-0.25, -0.2) is 0 Å². The minimum Gasteiger partial charge on any atom is -0.342 e. The highest BCUT2D eigenvalue weighted by atomic mass is 16.2. The van der Waals surface area contributed by atoms with Crippen molar-refractivity contribution in [1.82, 2.24) is 9.97 Å². The molecule has 2 aromatic rings. The number of fused-ring (bicyclic) bond motifs is 1. The first-order valence-electron chi connectivity index (χ1n) is 10.5. The van der Waals surface area contributed by atoms with Gasteiger partial charge in [0.15, 0.2) is 0 Å². The minimum atomic E-state index is -0.883. The van der Waals surface area contributed by atoms with Gasteiger partial charge in [0.2, 0.25) is 17.8 Å². The molecule has 0 saturated carbocycles. The molecule has 1 atom stereocenters. The number of rotatable bonds is 4. The Bertz CT molecular complexity index is 1010. The number of hydrogen-bond donors (Lipinski definition) is 3. The molecule has 2 amide bonds. The number of aromatic amines is 1. The number of benzene rings is 1. The summed E-state index contributed by atoms with van der Waals surface area (Å²) in [7, 11) is 0. The Kier molecular flexibility index (Phi) is 5.57. The Morgan fingerprint density at radius 3 is 2.57 bits per heavy atom. The summed E-state index contributed by atoms with van der Waals surface area (Å²) in [6, 6.07) is 7.53. The lowest BCUT2D eigenvalue weighted by atomic mass is 9.92. The molecule has 1 saturated heterocycles. The van der Waals surface area contributed by atoms with Crippen LogP contribution in [0.4, 0.5) is 17.5 Å². The molecule has 30 heavy (non-hydrogen) atoms. The van der Waals surface area contributed by atoms with E-state index in [2.05, 4.69) is 34.4 Å². The number of hydrogen-bond acceptors (Lipinski definition) is 5. The molecule has 0 unspecified atom stereocenters. The summed E-state index contributed by atoms with van der Waals surface area (Å²) >= 11 is 0. The van der Waals surface area contributed by atoms with Gasteiger partial charge in [0.1, 0.15) is 5.82 Å². The second-order valence-electron chi connectivity index (χ2n) is 8.17. The van der Waals surface area contributed by atoms with Crippen LogP contribution in [0.2, 0.25) is 0 Å². The highest BCUT2D eigenvalue weighted by Crippen LogP contribution is 2.31. The molecule has 8 heteroatoms. The van der Waals surface area contributed by atoms with E-state index in [9.17, 15) is 14.4 Å². The number of nitrogens with zero attached hydrogens (tertiary/aromatic N) is 2. The van der Waals surface area contributed by atoms with Gasteiger partial charge in [-0.3, -0.25) is 19.4 Å². The summed E-state index contributed by atoms with van der Waals surface area (Å²) in [5, 5.41) is 5.50. The maximum Gasteiger partial charge on any atom is 0.258 e. The van der Waals surface area contributed by atoms with Gasteiger partial charge in [-0.05, 0) is 42.9 Å². The largest absolute Gasteiger partial charge is 0.342 e. The van der Waals surface area contributed by atoms with Crippen molar-refractivity contribution in [2.24, 2.45) is 5.92 Å². The van der Waals surface area contributed by atoms with Crippen molar-refractivity contribution in [3.63, 3.8) is 0 Å². The van der Waals surface area contributed by atoms with Crippen LogP contribution >= 0.6 is 0 Å². The molecule has 1 aromatic carbocycles. The Morgan fingerprint density at radius 2 is 1.90 bits per heavy atom. The number of piperidine rings is 1. The molecule has 0 bridgehead atoms. The fourth-order valence-corrected chi connectivity index (χ4v) is 4.01. The van der Waals surface area contributed by atoms with Crippen LogP contribution in [0.1, 0.15) is 50.2 Å². The van der Waals surface area contributed by atoms with E-state index in [4.69, 9.17) is 0 Å². The van der Waals surface area contributed by atoms with Crippen molar-refractivity contribution in [3.05, 3.63) is 45.7 Å². The van der Waals surface area contributed by atoms with E-state index in [-0.39, 0.29) is 35.2 Å². The SMILES string of the molecule is CCc1ccc(NC(=O)[C@@H]2CC(=O)Nc3nc(N4CCC(C)CC4)[nH]c(=O)c32)cc1. The summed E-state index contributed by atoms with van der Waals surface area (Å²) < 4.78 is 0. The molecule has 158 valence electrons. The average Bonchev–Trinajstić information content (AvgIpc) is 2.73. The summed E-state index contributed by atoms with van der Waals surface area (Å²) in [6.07, 6.45) is 2.87. The van der Waals surface area contributed by atoms with Crippen molar-refractivity contribution >= 4 is 29.3 Å². The zero-order valence-electron chi connectivity index (χ0n) is 17.3. The molecule has 3 heterocycles. The van der Waals surface area contributed by atoms with Crippen LogP contribution in [0.3, 0.4) is 0 Å². The third-order valence-electron chi connectivity index (χ3n) is 5.97. The zero-order valence-corrected chi connectivity index (χ0v) is 17.3. The monoisotopic (exact) mass is 409 g/mol. The van der Waals surface area contributed by atoms with E-state index in [0.29, 0.717) is 17.6 Å². The van der Waals surface area contributed by atoms with E-state index >= 15 is 0 Å². The predicted octanol–water partition coefficient (Wildman–Crippen LogP) is 2.63. The lowest BCUT2D eigenvalue weighted by Gasteiger charge is -2.31. The molecule has 2 aliphatic rings. The fourth-order valence-electron chi connectivity index (χ4n) is 4.01. The van der Waals surface area contributed by atoms with Gasteiger partial charge in [0, 0.05) is 25.2 Å². The Morgan fingerprint density at radius 1 is 1.20 bits per heavy atom. The number of carbonyl (C=O) groups excluding carboxylic acids is 2. The summed E-state index contributed by atoms with van der Waals surface area (Å²) in [5.74, 6) is -0.314. The normalized spacial score (nSPS) is 19.2. The van der Waals surface area contributed by atoms with Crippen LogP contribution in [-0.2, 0) is 16.0 Å². The third-order valence-corrected chi connectivity index (χ3v) is 5.97. The molecule has 1 aromatic heterocycles. The molecular weight excluding hydrogens is 382 g/mol. The molecule has 1 fully saturated rings. The van der Waals surface area contributed by atoms with Crippen molar-refractivity contribution < 1.29 is 9.59 Å². The Balaban J connectivity index is 1.60. The van der Waals surface area contributed by atoms with Gasteiger partial charge in [-0.15, -0.1) is 0 Å². The van der Waals surface area contributed by atoms with Gasteiger partial charge in [-0.1, -0.05) is 26.0 Å². The topological polar surface area (TPSA) is 107 Å². The molecular formula is C22H27N5O3. The maximum atomic E-state index is 12.9. The molecule has 4 rings (SSSR count). The molecule has 0 radical (unpaired) electrons. The average molecular weight is 409 g/mol. The lowest BCUT2D eigenvalue weighted by Crippen LogP contribution is -2.39. The molecule has 0 aliphatic carbocycles. The van der Waals surface area contributed by atoms with Gasteiger partial charge in [0.25, 0.3) is 5.56 Å². The maximum absolute atomic E-state index is 12.9. The second-order valence-corrected chi connectivity index (χ2v) is 8.17. The number of nitrogens with one attached hydrogen (secondary N) is 3. The smallest absolute Gasteiger partial charge is 0.258 e. The number of H-pyrrole nitrogens is 1. The summed E-state index contributed by atoms with van der Waals surface area (Å²) in [6.45, 7) is 5.87. The van der Waals surface area contributed by atoms with E-state index in [1.807, 2.05) is 29.2 Å². The van der Waals surface area contributed by atoms with Crippen LogP contribution in [-0.4, -0.2) is 34.9 Å². The summed E-state index contributed by atoms with van der Waals surface area (Å²) in [4.78, 5) is 47.4. The standard InChI is InChI=1S/C22H27N5O3/c1-3-14-4-6-15(7-5-14)23-20(29)16-12-17(28)24-19-18(16)21(30)26-22(25-19)27-10-8-13(2)9-11-27/h4-7,13,16H,3,8-12H2,1-2H3,(H,23,29)(H2,24,25,26,28,30)/t16-/m1/s1. The predicted molar refractivity (Wildman–Crippen MR) is 116 cm³/mol. The Hall–Kier alpha value is -3.16. The summed E-state index contributed by atoms with van der Waals surface area (Å²) in [5.41, 5.74) is 1.63. The quantitative estimate of drug-likeness (QED) is 0.720. The highest BCUT2D eigenvalue weighted by molar-refractivity contribution is 6.04. The third kappa shape index (κ3) is 4.08. The fraction of sp³-hybridized carbons (Fsp3) is 0.455. The molecule has 0 spiro atoms. The first kappa shape index (κ1) is 20.1. The Labute approximate surface area is 175 Å². The first-order chi connectivity index (χ1) is 14.4. The minimum absolute atomic E-state index is 0.0861. The number of aromatic nitrogens is 2. The number of amides is 2. The molecule has 8 nitrogen and oxygen atoms in total. The molecule has 3 N–H and O–H groups in total. The number of anilines is 3. The van der Waals surface area contributed by atoms with E-state index in [1.54, 1.807) is 0 Å². The zero-order chi connectivity index (χ0) is 21.3. The van der Waals surface area contributed by atoms with Crippen LogP contribution in [0.5, 0.6) is 0 Å². The van der Waals surface area contributed by atoms with Crippen molar-refractivity contribution in [3.8, 4) is 0 Å². The van der Waals surface area contributed by atoms with Crippen molar-refractivity contribution in [2.45, 2.75) is 45.4 Å². The van der Waals surface area contributed by atoms with Gasteiger partial charge >= 0.3 is 0 Å². The van der Waals surface area contributed by atoms with Gasteiger partial charge < -0.3 is 15.5 Å².